The van der Waals surface area contributed by atoms with E-state index in [1.54, 1.807) is 0 Å². The summed E-state index contributed by atoms with van der Waals surface area (Å²) in [6.07, 6.45) is 1.85. The number of hydrogen-bond donors (Lipinski definition) is 0. The third kappa shape index (κ3) is 1.10. The Hall–Kier alpha value is -0.350. The molecule has 1 aliphatic heterocycles. The van der Waals surface area contributed by atoms with Crippen molar-refractivity contribution in [3.05, 3.63) is 18.0 Å². The SMILES string of the molecule is CN1CCn2nccc2C1Br. The standard InChI is InChI=1S/C7H10BrN3/c1-10-4-5-11-6(7(10)8)2-3-9-11/h2-3,7H,4-5H2,1H3. The first kappa shape index (κ1) is 7.31. The zero-order valence-corrected chi connectivity index (χ0v) is 7.95. The maximum Gasteiger partial charge on any atom is 0.108 e. The van der Waals surface area contributed by atoms with Gasteiger partial charge in [0.05, 0.1) is 12.2 Å². The summed E-state index contributed by atoms with van der Waals surface area (Å²) < 4.78 is 2.04. The van der Waals surface area contributed by atoms with Gasteiger partial charge in [0.1, 0.15) is 4.95 Å². The fourth-order valence-corrected chi connectivity index (χ4v) is 1.92. The van der Waals surface area contributed by atoms with Crippen LogP contribution in [0.1, 0.15) is 10.6 Å². The molecule has 1 unspecified atom stereocenters. The molecule has 2 rings (SSSR count). The highest BCUT2D eigenvalue weighted by Crippen LogP contribution is 2.28. The second-order valence-corrected chi connectivity index (χ2v) is 3.66. The molecular weight excluding hydrogens is 206 g/mol. The molecule has 0 aliphatic carbocycles. The topological polar surface area (TPSA) is 21.1 Å². The Kier molecular flexibility index (Phi) is 1.73. The van der Waals surface area contributed by atoms with Crippen molar-refractivity contribution in [1.29, 1.82) is 0 Å². The molecule has 1 aromatic heterocycles. The van der Waals surface area contributed by atoms with Gasteiger partial charge in [-0.25, -0.2) is 0 Å². The zero-order chi connectivity index (χ0) is 7.84. The van der Waals surface area contributed by atoms with Crippen molar-refractivity contribution in [3.63, 3.8) is 0 Å². The Morgan fingerprint density at radius 3 is 3.27 bits per heavy atom. The molecule has 1 atom stereocenters. The smallest absolute Gasteiger partial charge is 0.108 e. The van der Waals surface area contributed by atoms with Gasteiger partial charge in [0, 0.05) is 12.7 Å². The van der Waals surface area contributed by atoms with Crippen LogP contribution >= 0.6 is 15.9 Å². The highest BCUT2D eigenvalue weighted by molar-refractivity contribution is 9.09. The van der Waals surface area contributed by atoms with Crippen molar-refractivity contribution in [2.45, 2.75) is 11.5 Å². The molecule has 2 heterocycles. The molecule has 0 fully saturated rings. The molecule has 0 aromatic carbocycles. The molecular formula is C7H10BrN3. The minimum absolute atomic E-state index is 0.332. The van der Waals surface area contributed by atoms with Gasteiger partial charge in [-0.05, 0) is 13.1 Å². The summed E-state index contributed by atoms with van der Waals surface area (Å²) in [5, 5.41) is 4.20. The van der Waals surface area contributed by atoms with E-state index in [2.05, 4.69) is 39.0 Å². The summed E-state index contributed by atoms with van der Waals surface area (Å²) >= 11 is 3.60. The second kappa shape index (κ2) is 2.60. The molecule has 1 aliphatic rings. The summed E-state index contributed by atoms with van der Waals surface area (Å²) in [5.41, 5.74) is 1.25. The molecule has 0 amide bonds. The molecule has 0 saturated heterocycles. The third-order valence-electron chi connectivity index (χ3n) is 2.04. The van der Waals surface area contributed by atoms with Crippen LogP contribution in [0.2, 0.25) is 0 Å². The van der Waals surface area contributed by atoms with Crippen molar-refractivity contribution < 1.29 is 0 Å². The first-order valence-electron chi connectivity index (χ1n) is 3.65. The highest BCUT2D eigenvalue weighted by atomic mass is 79.9. The predicted molar refractivity (Wildman–Crippen MR) is 46.5 cm³/mol. The summed E-state index contributed by atoms with van der Waals surface area (Å²) in [4.78, 5) is 2.59. The van der Waals surface area contributed by atoms with E-state index in [-0.39, 0.29) is 0 Å². The molecule has 11 heavy (non-hydrogen) atoms. The van der Waals surface area contributed by atoms with E-state index in [1.165, 1.54) is 5.69 Å². The van der Waals surface area contributed by atoms with Gasteiger partial charge in [-0.2, -0.15) is 5.10 Å². The molecule has 4 heteroatoms. The molecule has 3 nitrogen and oxygen atoms in total. The van der Waals surface area contributed by atoms with Crippen LogP contribution in [0.25, 0.3) is 0 Å². The van der Waals surface area contributed by atoms with Crippen LogP contribution in [-0.4, -0.2) is 28.3 Å². The van der Waals surface area contributed by atoms with Gasteiger partial charge in [0.2, 0.25) is 0 Å². The van der Waals surface area contributed by atoms with Crippen LogP contribution < -0.4 is 0 Å². The van der Waals surface area contributed by atoms with Gasteiger partial charge in [-0.1, -0.05) is 15.9 Å². The van der Waals surface area contributed by atoms with Crippen molar-refractivity contribution in [2.75, 3.05) is 13.6 Å². The van der Waals surface area contributed by atoms with E-state index < -0.39 is 0 Å². The van der Waals surface area contributed by atoms with E-state index in [0.29, 0.717) is 4.95 Å². The lowest BCUT2D eigenvalue weighted by Crippen LogP contribution is -2.32. The Morgan fingerprint density at radius 2 is 2.45 bits per heavy atom. The Bertz CT molecular complexity index is 258. The van der Waals surface area contributed by atoms with Gasteiger partial charge in [0.15, 0.2) is 0 Å². The zero-order valence-electron chi connectivity index (χ0n) is 6.37. The minimum atomic E-state index is 0.332. The van der Waals surface area contributed by atoms with Gasteiger partial charge < -0.3 is 0 Å². The van der Waals surface area contributed by atoms with Gasteiger partial charge in [0.25, 0.3) is 0 Å². The number of likely N-dealkylation sites (N-methyl/N-ethyl adjacent to an activating group) is 1. The van der Waals surface area contributed by atoms with Crippen molar-refractivity contribution in [2.24, 2.45) is 0 Å². The summed E-state index contributed by atoms with van der Waals surface area (Å²) in [6.45, 7) is 2.06. The lowest BCUT2D eigenvalue weighted by molar-refractivity contribution is 0.256. The van der Waals surface area contributed by atoms with Crippen LogP contribution in [0.15, 0.2) is 12.3 Å². The van der Waals surface area contributed by atoms with Crippen molar-refractivity contribution >= 4 is 15.9 Å². The second-order valence-electron chi connectivity index (χ2n) is 2.80. The van der Waals surface area contributed by atoms with E-state index >= 15 is 0 Å². The van der Waals surface area contributed by atoms with E-state index in [4.69, 9.17) is 0 Å². The third-order valence-corrected chi connectivity index (χ3v) is 3.21. The average molecular weight is 216 g/mol. The summed E-state index contributed by atoms with van der Waals surface area (Å²) in [6, 6.07) is 2.05. The monoisotopic (exact) mass is 215 g/mol. The molecule has 0 saturated carbocycles. The van der Waals surface area contributed by atoms with Crippen LogP contribution in [-0.2, 0) is 6.54 Å². The van der Waals surface area contributed by atoms with Crippen molar-refractivity contribution in [3.8, 4) is 0 Å². The Morgan fingerprint density at radius 1 is 1.64 bits per heavy atom. The molecule has 0 radical (unpaired) electrons. The quantitative estimate of drug-likeness (QED) is 0.480. The highest BCUT2D eigenvalue weighted by Gasteiger charge is 2.21. The van der Waals surface area contributed by atoms with Crippen LogP contribution in [0.5, 0.6) is 0 Å². The number of fused-ring (bicyclic) bond motifs is 1. The fraction of sp³-hybridized carbons (Fsp3) is 0.571. The molecule has 1 aromatic rings. The van der Waals surface area contributed by atoms with E-state index in [9.17, 15) is 0 Å². The summed E-state index contributed by atoms with van der Waals surface area (Å²) in [7, 11) is 2.11. The largest absolute Gasteiger partial charge is 0.287 e. The van der Waals surface area contributed by atoms with Gasteiger partial charge in [-0.3, -0.25) is 9.58 Å². The lowest BCUT2D eigenvalue weighted by atomic mass is 10.3. The fourth-order valence-electron chi connectivity index (χ4n) is 1.32. The number of hydrogen-bond acceptors (Lipinski definition) is 2. The first-order valence-corrected chi connectivity index (χ1v) is 4.56. The van der Waals surface area contributed by atoms with E-state index in [1.807, 2.05) is 10.9 Å². The predicted octanol–water partition coefficient (Wildman–Crippen LogP) is 1.22. The molecule has 60 valence electrons. The average Bonchev–Trinajstić information content (AvgIpc) is 2.45. The normalized spacial score (nSPS) is 25.1. The Balaban J connectivity index is 2.38. The van der Waals surface area contributed by atoms with Crippen molar-refractivity contribution in [1.82, 2.24) is 14.7 Å². The van der Waals surface area contributed by atoms with Crippen LogP contribution in [0.3, 0.4) is 0 Å². The van der Waals surface area contributed by atoms with Crippen LogP contribution in [0.4, 0.5) is 0 Å². The molecule has 0 bridgehead atoms. The summed E-state index contributed by atoms with van der Waals surface area (Å²) in [5.74, 6) is 0. The molecule has 0 N–H and O–H groups in total. The maximum atomic E-state index is 4.20. The minimum Gasteiger partial charge on any atom is -0.287 e. The van der Waals surface area contributed by atoms with Gasteiger partial charge >= 0.3 is 0 Å². The van der Waals surface area contributed by atoms with Gasteiger partial charge in [-0.15, -0.1) is 0 Å². The number of halogens is 1. The van der Waals surface area contributed by atoms with E-state index in [0.717, 1.165) is 13.1 Å². The number of aromatic nitrogens is 2. The maximum absolute atomic E-state index is 4.20. The Labute approximate surface area is 74.1 Å². The number of rotatable bonds is 0. The number of alkyl halides is 1. The lowest BCUT2D eigenvalue weighted by Gasteiger charge is -2.28. The first-order chi connectivity index (χ1) is 5.29. The number of nitrogens with zero attached hydrogens (tertiary/aromatic N) is 3. The van der Waals surface area contributed by atoms with Crippen LogP contribution in [0, 0.1) is 0 Å². The molecule has 0 spiro atoms.